The first-order valence-corrected chi connectivity index (χ1v) is 4.30. The fourth-order valence-corrected chi connectivity index (χ4v) is 2.09. The van der Waals surface area contributed by atoms with Gasteiger partial charge in [0, 0.05) is 0 Å². The number of hydrogen-bond acceptors (Lipinski definition) is 0. The van der Waals surface area contributed by atoms with Crippen LogP contribution in [-0.2, 0) is 0 Å². The van der Waals surface area contributed by atoms with Crippen LogP contribution in [0.5, 0.6) is 0 Å². The van der Waals surface area contributed by atoms with E-state index in [0.717, 1.165) is 18.0 Å². The molecule has 1 N–H and O–H groups in total. The molecule has 1 aliphatic rings. The summed E-state index contributed by atoms with van der Waals surface area (Å²) in [6.07, 6.45) is 2.70. The summed E-state index contributed by atoms with van der Waals surface area (Å²) in [6.45, 7) is 6.95. The van der Waals surface area contributed by atoms with Gasteiger partial charge in [-0.2, -0.15) is 7.05 Å². The minimum absolute atomic E-state index is 0.763. The van der Waals surface area contributed by atoms with E-state index in [9.17, 15) is 0 Å². The molecule has 2 unspecified atom stereocenters. The second-order valence-electron chi connectivity index (χ2n) is 3.95. The Balaban J connectivity index is 2.49. The van der Waals surface area contributed by atoms with Crippen molar-refractivity contribution in [3.8, 4) is 0 Å². The van der Waals surface area contributed by atoms with Crippen LogP contribution < -0.4 is 4.90 Å². The summed E-state index contributed by atoms with van der Waals surface area (Å²) in [5.74, 6) is 0.912. The molecule has 60 valence electrons. The lowest BCUT2D eigenvalue weighted by Gasteiger charge is -2.41. The Morgan fingerprint density at radius 3 is 1.90 bits per heavy atom. The van der Waals surface area contributed by atoms with E-state index in [1.807, 2.05) is 0 Å². The molecule has 0 spiro atoms. The summed E-state index contributed by atoms with van der Waals surface area (Å²) in [6, 6.07) is 1.53. The number of nitrogens with one attached hydrogen (secondary N) is 1. The monoisotopic (exact) mass is 141 g/mol. The fraction of sp³-hybridized carbons (Fsp3) is 0.889. The van der Waals surface area contributed by atoms with E-state index in [0.29, 0.717) is 0 Å². The Kier molecular flexibility index (Phi) is 2.35. The molecule has 1 aliphatic heterocycles. The maximum atomic E-state index is 4.11. The number of quaternary nitrogens is 1. The highest BCUT2D eigenvalue weighted by Gasteiger charge is 2.25. The second kappa shape index (κ2) is 2.91. The van der Waals surface area contributed by atoms with E-state index in [1.165, 1.54) is 17.7 Å². The molecule has 10 heavy (non-hydrogen) atoms. The molecule has 1 heteroatoms. The molecule has 0 aliphatic carbocycles. The maximum Gasteiger partial charge on any atom is 0.0610 e. The van der Waals surface area contributed by atoms with Crippen molar-refractivity contribution < 1.29 is 4.90 Å². The molecule has 1 rings (SSSR count). The summed E-state index contributed by atoms with van der Waals surface area (Å²) in [4.78, 5) is 1.47. The van der Waals surface area contributed by atoms with Gasteiger partial charge in [-0.25, -0.2) is 0 Å². The highest BCUT2D eigenvalue weighted by Crippen LogP contribution is 2.15. The van der Waals surface area contributed by atoms with E-state index >= 15 is 0 Å². The van der Waals surface area contributed by atoms with Gasteiger partial charge in [-0.1, -0.05) is 6.92 Å². The van der Waals surface area contributed by atoms with Gasteiger partial charge in [0.2, 0.25) is 0 Å². The van der Waals surface area contributed by atoms with Gasteiger partial charge in [0.05, 0.1) is 12.1 Å². The largest absolute Gasteiger partial charge is 0.463 e. The predicted molar refractivity (Wildman–Crippen MR) is 43.6 cm³/mol. The first-order chi connectivity index (χ1) is 4.61. The van der Waals surface area contributed by atoms with Crippen LogP contribution in [-0.4, -0.2) is 12.1 Å². The Morgan fingerprint density at radius 1 is 1.10 bits per heavy atom. The smallest absolute Gasteiger partial charge is 0.0610 e. The third-order valence-corrected chi connectivity index (χ3v) is 2.78. The van der Waals surface area contributed by atoms with Crippen molar-refractivity contribution in [2.24, 2.45) is 5.92 Å². The first kappa shape index (κ1) is 8.06. The lowest BCUT2D eigenvalue weighted by atomic mass is 9.89. The van der Waals surface area contributed by atoms with Crippen LogP contribution in [0.15, 0.2) is 0 Å². The van der Waals surface area contributed by atoms with Gasteiger partial charge in [0.25, 0.3) is 0 Å². The maximum absolute atomic E-state index is 4.11. The fourth-order valence-electron chi connectivity index (χ4n) is 2.09. The second-order valence-corrected chi connectivity index (χ2v) is 3.95. The van der Waals surface area contributed by atoms with Crippen LogP contribution in [0.2, 0.25) is 0 Å². The number of rotatable bonds is 0. The van der Waals surface area contributed by atoms with Crippen LogP contribution in [0, 0.1) is 13.0 Å². The predicted octanol–water partition coefficient (Wildman–Crippen LogP) is 0.870. The minimum atomic E-state index is 0.763. The summed E-state index contributed by atoms with van der Waals surface area (Å²) in [5.41, 5.74) is 0. The number of likely N-dealkylation sites (tertiary alicyclic amines) is 1. The van der Waals surface area contributed by atoms with E-state index < -0.39 is 0 Å². The number of hydrogen-bond donors (Lipinski definition) is 1. The van der Waals surface area contributed by atoms with Crippen molar-refractivity contribution in [1.29, 1.82) is 0 Å². The van der Waals surface area contributed by atoms with Crippen LogP contribution >= 0.6 is 0 Å². The van der Waals surface area contributed by atoms with Crippen molar-refractivity contribution in [1.82, 2.24) is 0 Å². The molecule has 0 aromatic rings. The van der Waals surface area contributed by atoms with Crippen molar-refractivity contribution in [3.05, 3.63) is 7.05 Å². The zero-order valence-corrected chi connectivity index (χ0v) is 7.35. The molecule has 0 saturated carbocycles. The third-order valence-electron chi connectivity index (χ3n) is 2.78. The van der Waals surface area contributed by atoms with E-state index in [1.54, 1.807) is 0 Å². The molecule has 1 heterocycles. The molecule has 1 saturated heterocycles. The van der Waals surface area contributed by atoms with Crippen molar-refractivity contribution in [2.45, 2.75) is 45.7 Å². The van der Waals surface area contributed by atoms with E-state index in [2.05, 4.69) is 27.8 Å². The van der Waals surface area contributed by atoms with Crippen molar-refractivity contribution in [2.75, 3.05) is 0 Å². The molecule has 0 amide bonds. The van der Waals surface area contributed by atoms with Gasteiger partial charge in [-0.05, 0) is 32.6 Å². The van der Waals surface area contributed by atoms with Gasteiger partial charge in [-0.3, -0.25) is 0 Å². The first-order valence-electron chi connectivity index (χ1n) is 4.30. The molecular weight excluding hydrogens is 122 g/mol. The lowest BCUT2D eigenvalue weighted by molar-refractivity contribution is -0.910. The number of piperidine rings is 1. The zero-order valence-electron chi connectivity index (χ0n) is 7.35. The van der Waals surface area contributed by atoms with Gasteiger partial charge >= 0.3 is 0 Å². The minimum Gasteiger partial charge on any atom is -0.463 e. The lowest BCUT2D eigenvalue weighted by Crippen LogP contribution is -3.15. The Morgan fingerprint density at radius 2 is 1.50 bits per heavy atom. The molecule has 0 aromatic carbocycles. The van der Waals surface area contributed by atoms with Gasteiger partial charge < -0.3 is 4.90 Å². The summed E-state index contributed by atoms with van der Waals surface area (Å²) >= 11 is 0. The topological polar surface area (TPSA) is 4.44 Å². The molecule has 0 bridgehead atoms. The summed E-state index contributed by atoms with van der Waals surface area (Å²) < 4.78 is 0. The van der Waals surface area contributed by atoms with Gasteiger partial charge in [0.1, 0.15) is 0 Å². The standard InChI is InChI=1S/C9H19N/c1-7-5-8(2)10(4)9(3)6-7/h7-10H,4-6H2,1-3H3. The van der Waals surface area contributed by atoms with E-state index in [-0.39, 0.29) is 0 Å². The molecule has 2 atom stereocenters. The van der Waals surface area contributed by atoms with Crippen molar-refractivity contribution in [3.63, 3.8) is 0 Å². The van der Waals surface area contributed by atoms with E-state index in [4.69, 9.17) is 0 Å². The zero-order chi connectivity index (χ0) is 7.72. The summed E-state index contributed by atoms with van der Waals surface area (Å²) in [7, 11) is 4.11. The quantitative estimate of drug-likeness (QED) is 0.477. The highest BCUT2D eigenvalue weighted by molar-refractivity contribution is 4.67. The normalized spacial score (nSPS) is 49.2. The third kappa shape index (κ3) is 1.51. The average Bonchev–Trinajstić information content (AvgIpc) is 1.82. The Bertz CT molecular complexity index is 99.3. The Hall–Kier alpha value is -0.0400. The highest BCUT2D eigenvalue weighted by atomic mass is 15.2. The molecule has 1 nitrogen and oxygen atoms in total. The van der Waals surface area contributed by atoms with Crippen LogP contribution in [0.25, 0.3) is 0 Å². The van der Waals surface area contributed by atoms with Crippen LogP contribution in [0.3, 0.4) is 0 Å². The summed E-state index contributed by atoms with van der Waals surface area (Å²) in [5, 5.41) is 0. The molecule has 0 aromatic heterocycles. The van der Waals surface area contributed by atoms with Crippen LogP contribution in [0.1, 0.15) is 33.6 Å². The molecule has 1 fully saturated rings. The molecular formula is C9H19N. The van der Waals surface area contributed by atoms with Gasteiger partial charge in [0.15, 0.2) is 0 Å². The molecule has 0 radical (unpaired) electrons. The van der Waals surface area contributed by atoms with Gasteiger partial charge in [-0.15, -0.1) is 0 Å². The Labute approximate surface area is 64.4 Å². The SMILES string of the molecule is [CH2-][NH+]1C(C)CC(C)CC1C. The average molecular weight is 141 g/mol. The van der Waals surface area contributed by atoms with Crippen LogP contribution in [0.4, 0.5) is 0 Å². The van der Waals surface area contributed by atoms with Crippen molar-refractivity contribution >= 4 is 0 Å².